The Labute approximate surface area is 172 Å². The number of aromatic nitrogens is 3. The summed E-state index contributed by atoms with van der Waals surface area (Å²) < 4.78 is 22.9. The minimum Gasteiger partial charge on any atom is -0.460 e. The monoisotopic (exact) mass is 439 g/mol. The number of ether oxygens (including phenoxy) is 2. The van der Waals surface area contributed by atoms with Gasteiger partial charge in [-0.2, -0.15) is 0 Å². The van der Waals surface area contributed by atoms with Gasteiger partial charge in [0.2, 0.25) is 0 Å². The predicted octanol–water partition coefficient (Wildman–Crippen LogP) is 0.912. The number of carbonyl (C=O) groups excluding carboxylic acids is 1. The predicted molar refractivity (Wildman–Crippen MR) is 104 cm³/mol. The van der Waals surface area contributed by atoms with Crippen molar-refractivity contribution in [3.8, 4) is 0 Å². The molecule has 0 spiro atoms. The minimum absolute atomic E-state index is 0.0661. The van der Waals surface area contributed by atoms with Gasteiger partial charge in [-0.1, -0.05) is 6.07 Å². The highest BCUT2D eigenvalue weighted by atomic mass is 31.2. The first kappa shape index (κ1) is 22.3. The van der Waals surface area contributed by atoms with E-state index in [1.165, 1.54) is 17.7 Å². The molecule has 3 rings (SSSR count). The number of aryl methyl sites for hydroxylation is 1. The third-order valence-corrected chi connectivity index (χ3v) is 5.07. The number of aromatic amines is 1. The van der Waals surface area contributed by atoms with Gasteiger partial charge in [0.1, 0.15) is 18.4 Å². The first-order valence-electron chi connectivity index (χ1n) is 9.13. The summed E-state index contributed by atoms with van der Waals surface area (Å²) in [6.07, 6.45) is 0.951. The Kier molecular flexibility index (Phi) is 7.46. The van der Waals surface area contributed by atoms with Crippen LogP contribution in [0, 0.1) is 6.92 Å². The van der Waals surface area contributed by atoms with Crippen LogP contribution in [0.3, 0.4) is 0 Å². The molecule has 0 bridgehead atoms. The Morgan fingerprint density at radius 3 is 2.90 bits per heavy atom. The van der Waals surface area contributed by atoms with Crippen molar-refractivity contribution in [2.45, 2.75) is 45.3 Å². The summed E-state index contributed by atoms with van der Waals surface area (Å²) in [7, 11) is -2.22. The van der Waals surface area contributed by atoms with Crippen LogP contribution >= 0.6 is 8.60 Å². The Balaban J connectivity index is 1.62. The lowest BCUT2D eigenvalue weighted by Gasteiger charge is -2.19. The zero-order chi connectivity index (χ0) is 21.7. The molecule has 0 saturated carbocycles. The van der Waals surface area contributed by atoms with Gasteiger partial charge in [-0.05, 0) is 19.1 Å². The molecule has 12 heteroatoms. The highest BCUT2D eigenvalue weighted by molar-refractivity contribution is 7.40. The van der Waals surface area contributed by atoms with Gasteiger partial charge in [0.15, 0.2) is 0 Å². The average Bonchev–Trinajstić information content (AvgIpc) is 3.10. The third kappa shape index (κ3) is 5.80. The van der Waals surface area contributed by atoms with Crippen molar-refractivity contribution < 1.29 is 28.2 Å². The second-order valence-electron chi connectivity index (χ2n) is 6.62. The molecule has 1 aliphatic heterocycles. The van der Waals surface area contributed by atoms with Crippen molar-refractivity contribution in [2.24, 2.45) is 0 Å². The van der Waals surface area contributed by atoms with E-state index < -0.39 is 44.3 Å². The summed E-state index contributed by atoms with van der Waals surface area (Å²) >= 11 is 0. The average molecular weight is 439 g/mol. The second-order valence-corrected chi connectivity index (χ2v) is 7.61. The highest BCUT2D eigenvalue weighted by Crippen LogP contribution is 2.37. The molecule has 0 amide bonds. The standard InChI is InChI=1S/C18H22N3O8P/c1-11-8-21(18(24)20-17(11)23)16-7-14(28-12(2)22)15(29-16)10-27-30(25)26-9-13-5-3-4-6-19-13/h3-6,8,14-16,25H,7,9-10H2,1-2H3,(H,20,23,24)/t14-,15+,16+,30?/m0/s1. The van der Waals surface area contributed by atoms with E-state index >= 15 is 0 Å². The maximum Gasteiger partial charge on any atom is 0.330 e. The molecule has 1 aliphatic rings. The molecule has 2 aromatic rings. The van der Waals surface area contributed by atoms with Crippen LogP contribution < -0.4 is 11.2 Å². The van der Waals surface area contributed by atoms with Gasteiger partial charge >= 0.3 is 20.3 Å². The highest BCUT2D eigenvalue weighted by Gasteiger charge is 2.39. The minimum atomic E-state index is -2.22. The Morgan fingerprint density at radius 2 is 2.20 bits per heavy atom. The van der Waals surface area contributed by atoms with E-state index in [-0.39, 0.29) is 19.6 Å². The van der Waals surface area contributed by atoms with Gasteiger partial charge in [0.05, 0.1) is 18.9 Å². The lowest BCUT2D eigenvalue weighted by atomic mass is 10.2. The van der Waals surface area contributed by atoms with Gasteiger partial charge in [-0.15, -0.1) is 0 Å². The Hall–Kier alpha value is -2.43. The number of carbonyl (C=O) groups is 1. The lowest BCUT2D eigenvalue weighted by Crippen LogP contribution is -2.33. The van der Waals surface area contributed by atoms with Gasteiger partial charge in [0, 0.05) is 31.3 Å². The summed E-state index contributed by atoms with van der Waals surface area (Å²) in [5.41, 5.74) is -0.155. The maximum absolute atomic E-state index is 12.1. The summed E-state index contributed by atoms with van der Waals surface area (Å²) in [5.74, 6) is -0.517. The topological polar surface area (TPSA) is 142 Å². The molecule has 3 heterocycles. The van der Waals surface area contributed by atoms with E-state index in [0.717, 1.165) is 0 Å². The van der Waals surface area contributed by atoms with E-state index in [0.29, 0.717) is 11.3 Å². The van der Waals surface area contributed by atoms with Crippen molar-refractivity contribution >= 4 is 14.6 Å². The molecule has 2 aromatic heterocycles. The molecular weight excluding hydrogens is 417 g/mol. The van der Waals surface area contributed by atoms with Gasteiger partial charge in [-0.3, -0.25) is 24.1 Å². The van der Waals surface area contributed by atoms with Crippen LogP contribution in [-0.4, -0.2) is 44.2 Å². The van der Waals surface area contributed by atoms with E-state index in [1.807, 2.05) is 0 Å². The largest absolute Gasteiger partial charge is 0.460 e. The van der Waals surface area contributed by atoms with Crippen LogP contribution in [0.15, 0.2) is 40.2 Å². The Morgan fingerprint density at radius 1 is 1.40 bits per heavy atom. The number of esters is 1. The number of H-pyrrole nitrogens is 1. The van der Waals surface area contributed by atoms with Crippen LogP contribution in [0.1, 0.15) is 30.8 Å². The zero-order valence-electron chi connectivity index (χ0n) is 16.4. The van der Waals surface area contributed by atoms with Crippen LogP contribution in [0.5, 0.6) is 0 Å². The number of nitrogens with one attached hydrogen (secondary N) is 1. The fraction of sp³-hybridized carbons (Fsp3) is 0.444. The second kappa shape index (κ2) is 10.1. The van der Waals surface area contributed by atoms with Gasteiger partial charge in [-0.25, -0.2) is 4.79 Å². The van der Waals surface area contributed by atoms with E-state index in [9.17, 15) is 19.3 Å². The maximum atomic E-state index is 12.1. The normalized spacial score (nSPS) is 22.0. The molecule has 1 unspecified atom stereocenters. The summed E-state index contributed by atoms with van der Waals surface area (Å²) in [6, 6.07) is 5.30. The van der Waals surface area contributed by atoms with Crippen LogP contribution in [0.4, 0.5) is 0 Å². The van der Waals surface area contributed by atoms with Gasteiger partial charge in [0.25, 0.3) is 5.56 Å². The van der Waals surface area contributed by atoms with Crippen molar-refractivity contribution in [1.82, 2.24) is 14.5 Å². The molecular formula is C18H22N3O8P. The number of hydrogen-bond acceptors (Lipinski definition) is 9. The Bertz CT molecular complexity index is 979. The van der Waals surface area contributed by atoms with E-state index in [1.54, 1.807) is 31.3 Å². The summed E-state index contributed by atoms with van der Waals surface area (Å²) in [6.45, 7) is 2.76. The lowest BCUT2D eigenvalue weighted by molar-refractivity contribution is -0.150. The molecule has 0 aliphatic carbocycles. The molecule has 1 saturated heterocycles. The summed E-state index contributed by atoms with van der Waals surface area (Å²) in [5, 5.41) is 0. The van der Waals surface area contributed by atoms with E-state index in [4.69, 9.17) is 18.5 Å². The van der Waals surface area contributed by atoms with E-state index in [2.05, 4.69) is 9.97 Å². The zero-order valence-corrected chi connectivity index (χ0v) is 17.3. The first-order valence-corrected chi connectivity index (χ1v) is 10.3. The molecule has 162 valence electrons. The molecule has 2 N–H and O–H groups in total. The number of pyridine rings is 1. The number of rotatable bonds is 8. The quantitative estimate of drug-likeness (QED) is 0.453. The van der Waals surface area contributed by atoms with Crippen LogP contribution in [0.2, 0.25) is 0 Å². The fourth-order valence-electron chi connectivity index (χ4n) is 2.94. The first-order chi connectivity index (χ1) is 14.3. The smallest absolute Gasteiger partial charge is 0.330 e. The van der Waals surface area contributed by atoms with Crippen molar-refractivity contribution in [3.63, 3.8) is 0 Å². The molecule has 1 fully saturated rings. The van der Waals surface area contributed by atoms with Crippen molar-refractivity contribution in [1.29, 1.82) is 0 Å². The molecule has 11 nitrogen and oxygen atoms in total. The molecule has 30 heavy (non-hydrogen) atoms. The number of nitrogens with zero attached hydrogens (tertiary/aromatic N) is 2. The molecule has 4 atom stereocenters. The molecule has 0 radical (unpaired) electrons. The SMILES string of the molecule is CC(=O)O[C@H]1C[C@H](n2cc(C)c(=O)[nH]c2=O)O[C@@H]1COP(O)OCc1ccccn1. The third-order valence-electron chi connectivity index (χ3n) is 4.35. The van der Waals surface area contributed by atoms with Crippen LogP contribution in [0.25, 0.3) is 0 Å². The molecule has 0 aromatic carbocycles. The fourth-order valence-corrected chi connectivity index (χ4v) is 3.53. The van der Waals surface area contributed by atoms with Crippen LogP contribution in [-0.2, 0) is 29.9 Å². The number of hydrogen-bond donors (Lipinski definition) is 2. The van der Waals surface area contributed by atoms with Crippen molar-refractivity contribution in [2.75, 3.05) is 6.61 Å². The van der Waals surface area contributed by atoms with Gasteiger partial charge < -0.3 is 23.4 Å². The van der Waals surface area contributed by atoms with Crippen molar-refractivity contribution in [3.05, 3.63) is 62.7 Å². The summed E-state index contributed by atoms with van der Waals surface area (Å²) in [4.78, 5) is 51.4.